The second kappa shape index (κ2) is 11.7. The quantitative estimate of drug-likeness (QED) is 0.273. The fraction of sp³-hybridized carbons (Fsp3) is 0.474. The molecular weight excluding hydrogens is 446 g/mol. The topological polar surface area (TPSA) is 43.4 Å². The molecule has 0 bridgehead atoms. The van der Waals surface area contributed by atoms with Crippen molar-refractivity contribution < 1.29 is 15.5 Å². The second-order valence-electron chi connectivity index (χ2n) is 5.87. The van der Waals surface area contributed by atoms with Gasteiger partial charge >= 0.3 is 48.9 Å². The fourth-order valence-electron chi connectivity index (χ4n) is 2.70. The number of hydrogen-bond acceptors (Lipinski definition) is 3. The maximum atomic E-state index is 12.4. The Bertz CT molecular complexity index is 718. The molecule has 0 saturated heterocycles. The molecule has 0 unspecified atom stereocenters. The van der Waals surface area contributed by atoms with Crippen molar-refractivity contribution in [3.63, 3.8) is 0 Å². The number of hydrogen-bond donors (Lipinski definition) is 0. The molecule has 0 aromatic heterocycles. The van der Waals surface area contributed by atoms with Crippen LogP contribution in [0.5, 0.6) is 0 Å². The zero-order valence-corrected chi connectivity index (χ0v) is 19.8. The Balaban J connectivity index is 0. The van der Waals surface area contributed by atoms with Gasteiger partial charge in [-0.15, -0.1) is 0 Å². The minimum atomic E-state index is -3.69. The molecule has 2 aromatic rings. The van der Waals surface area contributed by atoms with Gasteiger partial charge in [-0.25, -0.2) is 0 Å². The number of rotatable bonds is 10. The van der Waals surface area contributed by atoms with Crippen LogP contribution in [-0.2, 0) is 14.3 Å². The minimum Gasteiger partial charge on any atom is -1.00 e. The first-order valence-corrected chi connectivity index (χ1v) is 9.93. The van der Waals surface area contributed by atoms with Gasteiger partial charge in [0.1, 0.15) is 4.90 Å². The van der Waals surface area contributed by atoms with Crippen molar-refractivity contribution in [1.29, 1.82) is 0 Å². The number of fused-ring (bicyclic) bond motifs is 1. The molecule has 24 heavy (non-hydrogen) atoms. The van der Waals surface area contributed by atoms with Crippen molar-refractivity contribution in [1.82, 2.24) is 0 Å². The smallest absolute Gasteiger partial charge is 1.00 e. The molecular formula is C19H28BaO3S. The number of benzene rings is 2. The molecule has 3 nitrogen and oxygen atoms in total. The van der Waals surface area contributed by atoms with E-state index < -0.39 is 10.1 Å². The van der Waals surface area contributed by atoms with E-state index in [9.17, 15) is 8.42 Å². The van der Waals surface area contributed by atoms with Gasteiger partial charge in [0.05, 0.1) is 6.61 Å². The average Bonchev–Trinajstić information content (AvgIpc) is 2.56. The van der Waals surface area contributed by atoms with Crippen molar-refractivity contribution in [2.24, 2.45) is 0 Å². The summed E-state index contributed by atoms with van der Waals surface area (Å²) in [6, 6.07) is 12.7. The zero-order valence-electron chi connectivity index (χ0n) is 16.5. The van der Waals surface area contributed by atoms with Crippen LogP contribution in [0.25, 0.3) is 10.8 Å². The van der Waals surface area contributed by atoms with Crippen molar-refractivity contribution in [3.05, 3.63) is 42.5 Å². The van der Waals surface area contributed by atoms with E-state index in [0.29, 0.717) is 0 Å². The Kier molecular flexibility index (Phi) is 10.9. The molecule has 0 heterocycles. The summed E-state index contributed by atoms with van der Waals surface area (Å²) in [6.45, 7) is 2.46. The van der Waals surface area contributed by atoms with Crippen LogP contribution < -0.4 is 0 Å². The molecule has 0 aliphatic rings. The van der Waals surface area contributed by atoms with Crippen LogP contribution in [0, 0.1) is 0 Å². The van der Waals surface area contributed by atoms with Gasteiger partial charge < -0.3 is 2.85 Å². The zero-order chi connectivity index (χ0) is 16.5. The van der Waals surface area contributed by atoms with E-state index in [1.54, 1.807) is 12.1 Å². The largest absolute Gasteiger partial charge is 2.00 e. The van der Waals surface area contributed by atoms with Gasteiger partial charge in [0.25, 0.3) is 10.1 Å². The van der Waals surface area contributed by atoms with Crippen molar-refractivity contribution >= 4 is 69.8 Å². The summed E-state index contributed by atoms with van der Waals surface area (Å²) in [5.41, 5.74) is 0. The van der Waals surface area contributed by atoms with Gasteiger partial charge in [0, 0.05) is 5.39 Å². The molecule has 0 aliphatic carbocycles. The monoisotopic (exact) mass is 474 g/mol. The molecule has 0 saturated carbocycles. The minimum absolute atomic E-state index is 0. The normalized spacial score (nSPS) is 11.4. The maximum Gasteiger partial charge on any atom is 2.00 e. The third kappa shape index (κ3) is 6.83. The molecule has 0 N–H and O–H groups in total. The molecule has 130 valence electrons. The van der Waals surface area contributed by atoms with Crippen LogP contribution in [0.4, 0.5) is 0 Å². The summed E-state index contributed by atoms with van der Waals surface area (Å²) in [6.07, 6.45) is 7.98. The van der Waals surface area contributed by atoms with Gasteiger partial charge in [-0.1, -0.05) is 81.8 Å². The molecule has 0 amide bonds. The Morgan fingerprint density at radius 2 is 1.50 bits per heavy atom. The first kappa shape index (κ1) is 22.2. The van der Waals surface area contributed by atoms with E-state index in [4.69, 9.17) is 4.18 Å². The van der Waals surface area contributed by atoms with Gasteiger partial charge in [0.15, 0.2) is 0 Å². The fourth-order valence-corrected chi connectivity index (χ4v) is 3.87. The molecule has 2 rings (SSSR count). The standard InChI is InChI=1S/C19H26O3S.Ba.2H/c1-2-3-4-5-6-7-10-16-22-23(20,21)19-15-11-13-17-12-8-9-14-18(17)19;;;/h8-9,11-15H,2-7,10,16H2,1H3;;;/q;+2;2*-1. The van der Waals surface area contributed by atoms with E-state index in [1.165, 1.54) is 25.7 Å². The SMILES string of the molecule is CCCCCCCCCOS(=O)(=O)c1cccc2ccccc12.[Ba+2].[H-].[H-]. The molecule has 5 heteroatoms. The molecule has 0 fully saturated rings. The Labute approximate surface area is 189 Å². The van der Waals surface area contributed by atoms with E-state index in [1.807, 2.05) is 30.3 Å². The van der Waals surface area contributed by atoms with Crippen LogP contribution in [0.1, 0.15) is 54.7 Å². The summed E-state index contributed by atoms with van der Waals surface area (Å²) in [7, 11) is -3.69. The molecule has 0 aliphatic heterocycles. The van der Waals surface area contributed by atoms with Crippen LogP contribution in [0.2, 0.25) is 0 Å². The summed E-state index contributed by atoms with van der Waals surface area (Å²) in [5.74, 6) is 0. The second-order valence-corrected chi connectivity index (χ2v) is 7.46. The van der Waals surface area contributed by atoms with E-state index in [2.05, 4.69) is 6.92 Å². The van der Waals surface area contributed by atoms with Gasteiger partial charge in [0.2, 0.25) is 0 Å². The van der Waals surface area contributed by atoms with Gasteiger partial charge in [-0.05, 0) is 17.9 Å². The van der Waals surface area contributed by atoms with Crippen molar-refractivity contribution in [2.75, 3.05) is 6.61 Å². The third-order valence-electron chi connectivity index (χ3n) is 4.01. The van der Waals surface area contributed by atoms with Gasteiger partial charge in [-0.3, -0.25) is 4.18 Å². The molecule has 0 spiro atoms. The van der Waals surface area contributed by atoms with E-state index in [-0.39, 0.29) is 63.2 Å². The van der Waals surface area contributed by atoms with Crippen molar-refractivity contribution in [3.8, 4) is 0 Å². The van der Waals surface area contributed by atoms with Crippen molar-refractivity contribution in [2.45, 2.75) is 56.8 Å². The van der Waals surface area contributed by atoms with E-state index in [0.717, 1.165) is 30.0 Å². The Hall–Kier alpha value is 0.181. The van der Waals surface area contributed by atoms with Crippen LogP contribution >= 0.6 is 0 Å². The van der Waals surface area contributed by atoms with Gasteiger partial charge in [-0.2, -0.15) is 8.42 Å². The molecule has 0 atom stereocenters. The average molecular weight is 474 g/mol. The summed E-state index contributed by atoms with van der Waals surface area (Å²) < 4.78 is 30.0. The Morgan fingerprint density at radius 3 is 2.25 bits per heavy atom. The van der Waals surface area contributed by atoms with E-state index >= 15 is 0 Å². The van der Waals surface area contributed by atoms with Crippen LogP contribution in [0.3, 0.4) is 0 Å². The maximum absolute atomic E-state index is 12.4. The summed E-state index contributed by atoms with van der Waals surface area (Å²) in [5, 5.41) is 1.63. The predicted molar refractivity (Wildman–Crippen MR) is 103 cm³/mol. The molecule has 0 radical (unpaired) electrons. The van der Waals surface area contributed by atoms with Crippen LogP contribution in [-0.4, -0.2) is 63.9 Å². The summed E-state index contributed by atoms with van der Waals surface area (Å²) in [4.78, 5) is 0.263. The predicted octanol–water partition coefficient (Wildman–Crippen LogP) is 5.14. The third-order valence-corrected chi connectivity index (χ3v) is 5.38. The molecule has 2 aromatic carbocycles. The Morgan fingerprint density at radius 1 is 0.875 bits per heavy atom. The first-order chi connectivity index (χ1) is 11.1. The first-order valence-electron chi connectivity index (χ1n) is 8.52. The number of unbranched alkanes of at least 4 members (excludes halogenated alkanes) is 6. The van der Waals surface area contributed by atoms with Crippen LogP contribution in [0.15, 0.2) is 47.4 Å². The summed E-state index contributed by atoms with van der Waals surface area (Å²) >= 11 is 0.